The molecule has 0 amide bonds. The summed E-state index contributed by atoms with van der Waals surface area (Å²) >= 11 is 0. The second-order valence-electron chi connectivity index (χ2n) is 11.2. The summed E-state index contributed by atoms with van der Waals surface area (Å²) in [6.07, 6.45) is 18.4. The zero-order valence-corrected chi connectivity index (χ0v) is 20.5. The van der Waals surface area contributed by atoms with E-state index in [9.17, 15) is 0 Å². The summed E-state index contributed by atoms with van der Waals surface area (Å²) in [4.78, 5) is 5.80. The monoisotopic (exact) mass is 440 g/mol. The van der Waals surface area contributed by atoms with Gasteiger partial charge in [0.05, 0.1) is 6.04 Å². The number of aryl methyl sites for hydroxylation is 1. The van der Waals surface area contributed by atoms with Gasteiger partial charge >= 0.3 is 0 Å². The molecule has 174 valence electrons. The van der Waals surface area contributed by atoms with Crippen LogP contribution in [0, 0.1) is 18.8 Å². The summed E-state index contributed by atoms with van der Waals surface area (Å²) in [6, 6.07) is 21.4. The number of rotatable bonds is 4. The van der Waals surface area contributed by atoms with Gasteiger partial charge in [-0.05, 0) is 68.6 Å². The summed E-state index contributed by atoms with van der Waals surface area (Å²) < 4.78 is 0. The third-order valence-corrected chi connectivity index (χ3v) is 9.55. The second kappa shape index (κ2) is 8.62. The molecule has 2 aromatic carbocycles. The van der Waals surface area contributed by atoms with E-state index >= 15 is 0 Å². The Kier molecular flexibility index (Phi) is 5.61. The van der Waals surface area contributed by atoms with Gasteiger partial charge in [0.25, 0.3) is 0 Å². The lowest BCUT2D eigenvalue weighted by Crippen LogP contribution is -2.57. The number of benzene rings is 2. The third-order valence-electron chi connectivity index (χ3n) is 9.55. The molecule has 2 heteroatoms. The summed E-state index contributed by atoms with van der Waals surface area (Å²) in [7, 11) is 0. The summed E-state index contributed by atoms with van der Waals surface area (Å²) in [5.74, 6) is 1.60. The first-order valence-electron chi connectivity index (χ1n) is 13.6. The lowest BCUT2D eigenvalue weighted by molar-refractivity contribution is -0.00611. The smallest absolute Gasteiger partial charge is 0.110 e. The highest BCUT2D eigenvalue weighted by Gasteiger charge is 2.61. The number of nitrogens with zero attached hydrogens (tertiary/aromatic N) is 2. The van der Waals surface area contributed by atoms with Crippen LogP contribution in [-0.2, 0) is 0 Å². The fourth-order valence-corrected chi connectivity index (χ4v) is 8.11. The molecule has 6 rings (SSSR count). The minimum absolute atomic E-state index is 0.216. The molecule has 0 N–H and O–H groups in total. The van der Waals surface area contributed by atoms with Crippen LogP contribution in [0.15, 0.2) is 66.7 Å². The predicted molar refractivity (Wildman–Crippen MR) is 138 cm³/mol. The van der Waals surface area contributed by atoms with Crippen molar-refractivity contribution in [2.24, 2.45) is 11.8 Å². The van der Waals surface area contributed by atoms with E-state index in [4.69, 9.17) is 0 Å². The average molecular weight is 441 g/mol. The van der Waals surface area contributed by atoms with Crippen molar-refractivity contribution in [3.8, 4) is 0 Å². The van der Waals surface area contributed by atoms with Crippen LogP contribution in [0.4, 0.5) is 5.69 Å². The van der Waals surface area contributed by atoms with E-state index in [-0.39, 0.29) is 5.54 Å². The third kappa shape index (κ3) is 3.32. The molecule has 2 saturated carbocycles. The molecule has 3 fully saturated rings. The molecule has 33 heavy (non-hydrogen) atoms. The van der Waals surface area contributed by atoms with Gasteiger partial charge in [0.2, 0.25) is 0 Å². The van der Waals surface area contributed by atoms with Crippen LogP contribution >= 0.6 is 0 Å². The SMILES string of the molecule is Cc1ccccc1N1C(c2ccccc2)N2C(C=CC2(C2CCCCC2)C2CCCC2)[C@@H]1C. The molecule has 2 aliphatic carbocycles. The van der Waals surface area contributed by atoms with E-state index in [1.54, 1.807) is 0 Å². The number of fused-ring (bicyclic) bond motifs is 1. The van der Waals surface area contributed by atoms with Crippen LogP contribution in [0.25, 0.3) is 0 Å². The highest BCUT2D eigenvalue weighted by Crippen LogP contribution is 2.58. The maximum Gasteiger partial charge on any atom is 0.110 e. The molecular formula is C31H40N2. The Hall–Kier alpha value is -2.06. The quantitative estimate of drug-likeness (QED) is 0.450. The van der Waals surface area contributed by atoms with Gasteiger partial charge in [-0.1, -0.05) is 92.8 Å². The van der Waals surface area contributed by atoms with Crippen molar-refractivity contribution in [2.75, 3.05) is 4.90 Å². The van der Waals surface area contributed by atoms with E-state index in [0.29, 0.717) is 18.2 Å². The van der Waals surface area contributed by atoms with Crippen LogP contribution in [0.2, 0.25) is 0 Å². The Morgan fingerprint density at radius 3 is 2.03 bits per heavy atom. The van der Waals surface area contributed by atoms with Gasteiger partial charge in [-0.25, -0.2) is 0 Å². The van der Waals surface area contributed by atoms with Crippen molar-refractivity contribution < 1.29 is 0 Å². The lowest BCUT2D eigenvalue weighted by atomic mass is 9.67. The van der Waals surface area contributed by atoms with Crippen molar-refractivity contribution in [1.82, 2.24) is 4.90 Å². The zero-order chi connectivity index (χ0) is 22.4. The largest absolute Gasteiger partial charge is 0.347 e. The van der Waals surface area contributed by atoms with Gasteiger partial charge in [-0.2, -0.15) is 0 Å². The highest BCUT2D eigenvalue weighted by atomic mass is 15.5. The number of anilines is 1. The summed E-state index contributed by atoms with van der Waals surface area (Å²) in [5, 5.41) is 0. The minimum Gasteiger partial charge on any atom is -0.347 e. The van der Waals surface area contributed by atoms with Crippen LogP contribution in [-0.4, -0.2) is 22.5 Å². The molecule has 1 saturated heterocycles. The average Bonchev–Trinajstić information content (AvgIpc) is 3.58. The summed E-state index contributed by atoms with van der Waals surface area (Å²) in [5.41, 5.74) is 4.47. The van der Waals surface area contributed by atoms with Gasteiger partial charge in [0.15, 0.2) is 0 Å². The fraction of sp³-hybridized carbons (Fsp3) is 0.548. The molecule has 3 unspecified atom stereocenters. The fourth-order valence-electron chi connectivity index (χ4n) is 8.11. The first kappa shape index (κ1) is 21.5. The molecule has 0 spiro atoms. The maximum absolute atomic E-state index is 3.03. The van der Waals surface area contributed by atoms with Crippen molar-refractivity contribution in [2.45, 2.75) is 95.4 Å². The molecule has 2 aromatic rings. The van der Waals surface area contributed by atoms with Crippen molar-refractivity contribution in [3.63, 3.8) is 0 Å². The van der Waals surface area contributed by atoms with Gasteiger partial charge < -0.3 is 4.90 Å². The Labute approximate surface area is 200 Å². The maximum atomic E-state index is 3.03. The first-order valence-corrected chi connectivity index (χ1v) is 13.6. The van der Waals surface area contributed by atoms with E-state index in [1.165, 1.54) is 74.6 Å². The Morgan fingerprint density at radius 1 is 0.758 bits per heavy atom. The standard InChI is InChI=1S/C31H40N2/c1-23-13-9-12-20-28(23)32-24(2)29-21-22-31(27-18-10-11-19-27,26-16-7-4-8-17-26)33(29)30(32)25-14-5-3-6-15-25/h3,5-6,9,12-15,20-22,24,26-27,29-30H,4,7-8,10-11,16-19H2,1-2H3/t24-,29?,30?,31?/m0/s1. The lowest BCUT2D eigenvalue weighted by Gasteiger charge is -2.52. The number of hydrogen-bond donors (Lipinski definition) is 0. The number of para-hydroxylation sites is 1. The summed E-state index contributed by atoms with van der Waals surface area (Å²) in [6.45, 7) is 4.76. The minimum atomic E-state index is 0.216. The highest BCUT2D eigenvalue weighted by molar-refractivity contribution is 5.58. The molecule has 4 aliphatic rings. The molecule has 0 aromatic heterocycles. The Balaban J connectivity index is 1.52. The second-order valence-corrected chi connectivity index (χ2v) is 11.2. The zero-order valence-electron chi connectivity index (χ0n) is 20.5. The molecule has 2 heterocycles. The topological polar surface area (TPSA) is 6.48 Å². The van der Waals surface area contributed by atoms with Crippen molar-refractivity contribution in [3.05, 3.63) is 77.9 Å². The van der Waals surface area contributed by atoms with Crippen LogP contribution in [0.1, 0.15) is 82.0 Å². The van der Waals surface area contributed by atoms with Gasteiger partial charge in [0, 0.05) is 17.3 Å². The van der Waals surface area contributed by atoms with Crippen LogP contribution in [0.5, 0.6) is 0 Å². The molecule has 0 radical (unpaired) electrons. The molecule has 2 nitrogen and oxygen atoms in total. The van der Waals surface area contributed by atoms with Crippen LogP contribution < -0.4 is 4.90 Å². The van der Waals surface area contributed by atoms with Crippen LogP contribution in [0.3, 0.4) is 0 Å². The van der Waals surface area contributed by atoms with Crippen molar-refractivity contribution in [1.29, 1.82) is 0 Å². The first-order chi connectivity index (χ1) is 16.2. The molecular weight excluding hydrogens is 400 g/mol. The van der Waals surface area contributed by atoms with Gasteiger partial charge in [-0.3, -0.25) is 4.90 Å². The molecule has 4 atom stereocenters. The Morgan fingerprint density at radius 2 is 1.36 bits per heavy atom. The predicted octanol–water partition coefficient (Wildman–Crippen LogP) is 7.65. The normalized spacial score (nSPS) is 33.2. The Bertz CT molecular complexity index is 985. The van der Waals surface area contributed by atoms with E-state index in [0.717, 1.165) is 11.8 Å². The van der Waals surface area contributed by atoms with Crippen molar-refractivity contribution >= 4 is 5.69 Å². The molecule has 0 bridgehead atoms. The molecule has 2 aliphatic heterocycles. The van der Waals surface area contributed by atoms with E-state index < -0.39 is 0 Å². The van der Waals surface area contributed by atoms with Gasteiger partial charge in [0.1, 0.15) is 6.17 Å². The van der Waals surface area contributed by atoms with Gasteiger partial charge in [-0.15, -0.1) is 0 Å². The van der Waals surface area contributed by atoms with E-state index in [1.807, 2.05) is 0 Å². The number of hydrogen-bond acceptors (Lipinski definition) is 2. The van der Waals surface area contributed by atoms with E-state index in [2.05, 4.69) is 90.4 Å².